The molecule has 0 bridgehead atoms. The van der Waals surface area contributed by atoms with Gasteiger partial charge in [-0.25, -0.2) is 4.79 Å². The van der Waals surface area contributed by atoms with Crippen LogP contribution < -0.4 is 0 Å². The largest absolute Gasteiger partial charge is 0.459 e. The molecule has 1 fully saturated rings. The molecule has 0 radical (unpaired) electrons. The summed E-state index contributed by atoms with van der Waals surface area (Å²) < 4.78 is 4.97. The van der Waals surface area contributed by atoms with Gasteiger partial charge in [-0.05, 0) is 44.0 Å². The predicted octanol–water partition coefficient (Wildman–Crippen LogP) is 2.91. The van der Waals surface area contributed by atoms with Gasteiger partial charge >= 0.3 is 5.97 Å². The van der Waals surface area contributed by atoms with Crippen molar-refractivity contribution in [2.24, 2.45) is 5.18 Å². The molecule has 6 nitrogen and oxygen atoms in total. The maximum atomic E-state index is 11.8. The average molecular weight is 305 g/mol. The predicted molar refractivity (Wildman–Crippen MR) is 83.7 cm³/mol. The molecule has 120 valence electrons. The summed E-state index contributed by atoms with van der Waals surface area (Å²) in [4.78, 5) is 24.5. The summed E-state index contributed by atoms with van der Waals surface area (Å²) in [6.45, 7) is 3.85. The first kappa shape index (κ1) is 17.9. The van der Waals surface area contributed by atoms with Crippen molar-refractivity contribution in [1.82, 2.24) is 4.90 Å². The highest BCUT2D eigenvalue weighted by Gasteiger charge is 2.14. The van der Waals surface area contributed by atoms with Crippen molar-refractivity contribution in [3.05, 3.63) is 28.8 Å². The number of nitroso groups, excluding NO2 is 1. The summed E-state index contributed by atoms with van der Waals surface area (Å²) in [5, 5.41) is 11.9. The second-order valence-corrected chi connectivity index (χ2v) is 5.28. The monoisotopic (exact) mass is 305 g/mol. The van der Waals surface area contributed by atoms with Gasteiger partial charge in [-0.1, -0.05) is 18.5 Å². The van der Waals surface area contributed by atoms with Crippen LogP contribution in [0.2, 0.25) is 0 Å². The Morgan fingerprint density at radius 1 is 1.41 bits per heavy atom. The van der Waals surface area contributed by atoms with Crippen LogP contribution in [-0.4, -0.2) is 36.6 Å². The molecule has 0 aliphatic carbocycles. The number of nitriles is 1. The standard InChI is InChI=1S/C16H23N3O3/c1-2-7-15(18-21)13-22-16(20)14(12-17)8-6-11-19-9-4-3-5-10-19/h6,8,11,15H,2-5,7,9-10,13H2,1H3/b11-6+,14-8+. The summed E-state index contributed by atoms with van der Waals surface area (Å²) in [5.41, 5.74) is -0.0746. The minimum absolute atomic E-state index is 0.0746. The first-order valence-corrected chi connectivity index (χ1v) is 7.73. The summed E-state index contributed by atoms with van der Waals surface area (Å²) in [6, 6.07) is 1.28. The van der Waals surface area contributed by atoms with E-state index in [1.54, 1.807) is 6.08 Å². The van der Waals surface area contributed by atoms with Gasteiger partial charge in [0.05, 0.1) is 0 Å². The summed E-state index contributed by atoms with van der Waals surface area (Å²) >= 11 is 0. The van der Waals surface area contributed by atoms with Gasteiger partial charge in [0.2, 0.25) is 0 Å². The van der Waals surface area contributed by atoms with Crippen LogP contribution in [-0.2, 0) is 9.53 Å². The Labute approximate surface area is 131 Å². The zero-order valence-electron chi connectivity index (χ0n) is 13.0. The van der Waals surface area contributed by atoms with Crippen LogP contribution in [0.4, 0.5) is 0 Å². The Morgan fingerprint density at radius 2 is 2.14 bits per heavy atom. The van der Waals surface area contributed by atoms with Crippen molar-refractivity contribution < 1.29 is 9.53 Å². The van der Waals surface area contributed by atoms with Crippen LogP contribution in [0.3, 0.4) is 0 Å². The number of hydrogen-bond acceptors (Lipinski definition) is 6. The fourth-order valence-electron chi connectivity index (χ4n) is 2.23. The number of carbonyl (C=O) groups excluding carboxylic acids is 1. The van der Waals surface area contributed by atoms with Crippen molar-refractivity contribution >= 4 is 5.97 Å². The van der Waals surface area contributed by atoms with Gasteiger partial charge in [0.15, 0.2) is 0 Å². The van der Waals surface area contributed by atoms with Crippen molar-refractivity contribution in [2.45, 2.75) is 45.1 Å². The maximum absolute atomic E-state index is 11.8. The second-order valence-electron chi connectivity index (χ2n) is 5.28. The summed E-state index contributed by atoms with van der Waals surface area (Å²) in [6.07, 6.45) is 9.95. The third-order valence-corrected chi connectivity index (χ3v) is 3.47. The third kappa shape index (κ3) is 6.53. The van der Waals surface area contributed by atoms with Gasteiger partial charge in [0.1, 0.15) is 24.3 Å². The minimum atomic E-state index is -0.712. The lowest BCUT2D eigenvalue weighted by Crippen LogP contribution is -2.24. The maximum Gasteiger partial charge on any atom is 0.348 e. The van der Waals surface area contributed by atoms with Crippen LogP contribution in [0, 0.1) is 16.2 Å². The molecular formula is C16H23N3O3. The fourth-order valence-corrected chi connectivity index (χ4v) is 2.23. The highest BCUT2D eigenvalue weighted by molar-refractivity contribution is 5.93. The third-order valence-electron chi connectivity index (χ3n) is 3.47. The van der Waals surface area contributed by atoms with E-state index in [4.69, 9.17) is 10.00 Å². The van der Waals surface area contributed by atoms with Gasteiger partial charge in [-0.2, -0.15) is 10.2 Å². The fraction of sp³-hybridized carbons (Fsp3) is 0.625. The van der Waals surface area contributed by atoms with Crippen LogP contribution in [0.5, 0.6) is 0 Å². The Morgan fingerprint density at radius 3 is 2.73 bits per heavy atom. The summed E-state index contributed by atoms with van der Waals surface area (Å²) in [5.74, 6) is -0.712. The van der Waals surface area contributed by atoms with E-state index in [0.717, 1.165) is 19.5 Å². The molecule has 0 aromatic rings. The molecule has 0 spiro atoms. The number of piperidine rings is 1. The Kier molecular flexibility index (Phi) is 8.58. The smallest absolute Gasteiger partial charge is 0.348 e. The average Bonchev–Trinajstić information content (AvgIpc) is 2.56. The van der Waals surface area contributed by atoms with Gasteiger partial charge in [0.25, 0.3) is 0 Å². The van der Waals surface area contributed by atoms with E-state index >= 15 is 0 Å². The van der Waals surface area contributed by atoms with E-state index in [2.05, 4.69) is 10.1 Å². The quantitative estimate of drug-likeness (QED) is 0.226. The van der Waals surface area contributed by atoms with Crippen LogP contribution >= 0.6 is 0 Å². The second kappa shape index (κ2) is 10.6. The number of ether oxygens (including phenoxy) is 1. The van der Waals surface area contributed by atoms with Gasteiger partial charge < -0.3 is 9.64 Å². The molecule has 22 heavy (non-hydrogen) atoms. The Balaban J connectivity index is 2.49. The molecular weight excluding hydrogens is 282 g/mol. The molecule has 6 heteroatoms. The molecule has 0 amide bonds. The highest BCUT2D eigenvalue weighted by atomic mass is 16.5. The van der Waals surface area contributed by atoms with Gasteiger partial charge in [0, 0.05) is 13.1 Å². The van der Waals surface area contributed by atoms with E-state index < -0.39 is 12.0 Å². The minimum Gasteiger partial charge on any atom is -0.459 e. The molecule has 0 N–H and O–H groups in total. The van der Waals surface area contributed by atoms with Crippen molar-refractivity contribution in [3.63, 3.8) is 0 Å². The van der Waals surface area contributed by atoms with E-state index in [9.17, 15) is 9.70 Å². The molecule has 0 aromatic carbocycles. The van der Waals surface area contributed by atoms with Crippen LogP contribution in [0.25, 0.3) is 0 Å². The van der Waals surface area contributed by atoms with Crippen LogP contribution in [0.1, 0.15) is 39.0 Å². The van der Waals surface area contributed by atoms with Crippen molar-refractivity contribution in [2.75, 3.05) is 19.7 Å². The Bertz CT molecular complexity index is 460. The molecule has 1 saturated heterocycles. The van der Waals surface area contributed by atoms with Crippen LogP contribution in [0.15, 0.2) is 29.1 Å². The number of likely N-dealkylation sites (tertiary alicyclic amines) is 1. The number of rotatable bonds is 8. The van der Waals surface area contributed by atoms with Gasteiger partial charge in [-0.3, -0.25) is 0 Å². The lowest BCUT2D eigenvalue weighted by molar-refractivity contribution is -0.139. The molecule has 1 rings (SSSR count). The summed E-state index contributed by atoms with van der Waals surface area (Å²) in [7, 11) is 0. The molecule has 1 unspecified atom stereocenters. The topological polar surface area (TPSA) is 82.8 Å². The molecule has 1 atom stereocenters. The SMILES string of the molecule is CCCC(COC(=O)/C(C#N)=C/C=C/N1CCCCC1)N=O. The first-order chi connectivity index (χ1) is 10.7. The number of carbonyl (C=O) groups is 1. The highest BCUT2D eigenvalue weighted by Crippen LogP contribution is 2.09. The van der Waals surface area contributed by atoms with E-state index in [0.29, 0.717) is 6.42 Å². The Hall–Kier alpha value is -2.16. The van der Waals surface area contributed by atoms with Crippen molar-refractivity contribution in [3.8, 4) is 6.07 Å². The molecule has 0 aromatic heterocycles. The lowest BCUT2D eigenvalue weighted by atomic mass is 10.1. The molecule has 1 aliphatic heterocycles. The first-order valence-electron chi connectivity index (χ1n) is 7.73. The van der Waals surface area contributed by atoms with E-state index in [-0.39, 0.29) is 12.2 Å². The number of hydrogen-bond donors (Lipinski definition) is 0. The normalized spacial score (nSPS) is 17.1. The number of nitrogens with zero attached hydrogens (tertiary/aromatic N) is 3. The van der Waals surface area contributed by atoms with E-state index in [1.165, 1.54) is 25.3 Å². The lowest BCUT2D eigenvalue weighted by Gasteiger charge is -2.24. The number of allylic oxidation sites excluding steroid dienone is 2. The zero-order valence-corrected chi connectivity index (χ0v) is 13.0. The van der Waals surface area contributed by atoms with Crippen molar-refractivity contribution in [1.29, 1.82) is 5.26 Å². The van der Waals surface area contributed by atoms with E-state index in [1.807, 2.05) is 19.2 Å². The molecule has 0 saturated carbocycles. The number of esters is 1. The zero-order chi connectivity index (χ0) is 16.2. The molecule has 1 aliphatic rings. The molecule has 1 heterocycles. The van der Waals surface area contributed by atoms with Gasteiger partial charge in [-0.15, -0.1) is 0 Å².